The lowest BCUT2D eigenvalue weighted by atomic mass is 10.2. The highest BCUT2D eigenvalue weighted by Gasteiger charge is 2.12. The van der Waals surface area contributed by atoms with E-state index < -0.39 is 5.97 Å². The van der Waals surface area contributed by atoms with Crippen molar-refractivity contribution in [1.82, 2.24) is 0 Å². The Morgan fingerprint density at radius 2 is 2.05 bits per heavy atom. The molecule has 0 amide bonds. The number of hydrogen-bond donors (Lipinski definition) is 1. The number of halogens is 1. The number of hydrogen-bond acceptors (Lipinski definition) is 3. The zero-order valence-corrected chi connectivity index (χ0v) is 11.3. The molecule has 0 bridgehead atoms. The maximum atomic E-state index is 13.7. The predicted molar refractivity (Wildman–Crippen MR) is 74.4 cm³/mol. The molecule has 2 rings (SSSR count). The highest BCUT2D eigenvalue weighted by molar-refractivity contribution is 7.13. The van der Waals surface area contributed by atoms with Gasteiger partial charge < -0.3 is 10.0 Å². The average molecular weight is 279 g/mol. The van der Waals surface area contributed by atoms with Crippen LogP contribution < -0.4 is 4.90 Å². The molecule has 19 heavy (non-hydrogen) atoms. The Bertz CT molecular complexity index is 582. The molecular formula is C14H14FNO2S. The lowest BCUT2D eigenvalue weighted by Gasteiger charge is -2.22. The molecule has 0 saturated heterocycles. The van der Waals surface area contributed by atoms with Crippen LogP contribution in [0.2, 0.25) is 0 Å². The third kappa shape index (κ3) is 3.12. The maximum absolute atomic E-state index is 13.7. The Morgan fingerprint density at radius 3 is 2.63 bits per heavy atom. The van der Waals surface area contributed by atoms with Gasteiger partial charge >= 0.3 is 5.97 Å². The molecule has 0 saturated carbocycles. The minimum absolute atomic E-state index is 0.264. The van der Waals surface area contributed by atoms with Gasteiger partial charge in [-0.3, -0.25) is 0 Å². The molecule has 0 aliphatic rings. The number of para-hydroxylation sites is 1. The summed E-state index contributed by atoms with van der Waals surface area (Å²) >= 11 is 1.22. The van der Waals surface area contributed by atoms with Crippen molar-refractivity contribution in [1.29, 1.82) is 0 Å². The summed E-state index contributed by atoms with van der Waals surface area (Å²) in [4.78, 5) is 13.9. The first kappa shape index (κ1) is 13.5. The monoisotopic (exact) mass is 279 g/mol. The number of carboxylic acid groups (broad SMARTS) is 1. The summed E-state index contributed by atoms with van der Waals surface area (Å²) in [5.41, 5.74) is 0.537. The number of benzene rings is 1. The first-order valence-electron chi connectivity index (χ1n) is 5.93. The molecule has 3 nitrogen and oxygen atoms in total. The van der Waals surface area contributed by atoms with E-state index in [1.807, 2.05) is 11.8 Å². The zero-order valence-electron chi connectivity index (χ0n) is 10.5. The fraction of sp³-hybridized carbons (Fsp3) is 0.214. The number of rotatable bonds is 5. The molecule has 1 heterocycles. The quantitative estimate of drug-likeness (QED) is 0.909. The summed E-state index contributed by atoms with van der Waals surface area (Å²) in [7, 11) is 0. The van der Waals surface area contributed by atoms with Crippen molar-refractivity contribution in [3.05, 3.63) is 52.0 Å². The van der Waals surface area contributed by atoms with E-state index in [4.69, 9.17) is 5.11 Å². The summed E-state index contributed by atoms with van der Waals surface area (Å²) in [6.07, 6.45) is 0. The number of carbonyl (C=O) groups is 1. The molecule has 0 radical (unpaired) electrons. The van der Waals surface area contributed by atoms with E-state index >= 15 is 0 Å². The first-order valence-corrected chi connectivity index (χ1v) is 6.75. The van der Waals surface area contributed by atoms with Crippen LogP contribution in [0.25, 0.3) is 0 Å². The van der Waals surface area contributed by atoms with Crippen LogP contribution in [0.1, 0.15) is 21.5 Å². The second-order valence-corrected chi connectivity index (χ2v) is 5.21. The van der Waals surface area contributed by atoms with Crippen LogP contribution >= 0.6 is 11.3 Å². The number of aromatic carboxylic acids is 1. The van der Waals surface area contributed by atoms with E-state index in [2.05, 4.69) is 0 Å². The highest BCUT2D eigenvalue weighted by atomic mass is 32.1. The predicted octanol–water partition coefficient (Wildman–Crippen LogP) is 3.61. The van der Waals surface area contributed by atoms with Crippen molar-refractivity contribution in [2.75, 3.05) is 11.4 Å². The third-order valence-corrected chi connectivity index (χ3v) is 3.85. The molecule has 2 aromatic rings. The van der Waals surface area contributed by atoms with Gasteiger partial charge in [-0.05, 0) is 31.2 Å². The van der Waals surface area contributed by atoms with Crippen LogP contribution in [0.15, 0.2) is 36.4 Å². The Labute approximate surface area is 114 Å². The van der Waals surface area contributed by atoms with E-state index in [0.29, 0.717) is 23.7 Å². The molecule has 1 aromatic heterocycles. The third-order valence-electron chi connectivity index (χ3n) is 2.79. The van der Waals surface area contributed by atoms with Gasteiger partial charge in [0.15, 0.2) is 0 Å². The van der Waals surface area contributed by atoms with Gasteiger partial charge in [-0.1, -0.05) is 12.1 Å². The molecular weight excluding hydrogens is 265 g/mol. The van der Waals surface area contributed by atoms with E-state index in [1.54, 1.807) is 30.3 Å². The van der Waals surface area contributed by atoms with Gasteiger partial charge in [0.1, 0.15) is 10.7 Å². The van der Waals surface area contributed by atoms with Gasteiger partial charge in [-0.15, -0.1) is 11.3 Å². The molecule has 5 heteroatoms. The lowest BCUT2D eigenvalue weighted by molar-refractivity contribution is 0.0702. The normalized spacial score (nSPS) is 10.4. The minimum atomic E-state index is -0.926. The number of carboxylic acids is 1. The van der Waals surface area contributed by atoms with Crippen molar-refractivity contribution in [2.45, 2.75) is 13.5 Å². The molecule has 1 aromatic carbocycles. The van der Waals surface area contributed by atoms with Crippen LogP contribution in [0.5, 0.6) is 0 Å². The molecule has 0 unspecified atom stereocenters. The zero-order chi connectivity index (χ0) is 13.8. The van der Waals surface area contributed by atoms with E-state index in [1.165, 1.54) is 17.4 Å². The molecule has 0 aliphatic heterocycles. The van der Waals surface area contributed by atoms with Crippen molar-refractivity contribution < 1.29 is 14.3 Å². The molecule has 100 valence electrons. The van der Waals surface area contributed by atoms with E-state index in [9.17, 15) is 9.18 Å². The van der Waals surface area contributed by atoms with Gasteiger partial charge in [0.05, 0.1) is 12.2 Å². The summed E-state index contributed by atoms with van der Waals surface area (Å²) in [6, 6.07) is 9.95. The van der Waals surface area contributed by atoms with Gasteiger partial charge in [-0.25, -0.2) is 9.18 Å². The van der Waals surface area contributed by atoms with Crippen LogP contribution in [-0.4, -0.2) is 17.6 Å². The molecule has 0 aliphatic carbocycles. The van der Waals surface area contributed by atoms with Crippen LogP contribution in [0.4, 0.5) is 10.1 Å². The van der Waals surface area contributed by atoms with Crippen LogP contribution in [0, 0.1) is 5.82 Å². The lowest BCUT2D eigenvalue weighted by Crippen LogP contribution is -2.22. The second kappa shape index (κ2) is 5.84. The van der Waals surface area contributed by atoms with Crippen molar-refractivity contribution >= 4 is 23.0 Å². The van der Waals surface area contributed by atoms with E-state index in [0.717, 1.165) is 4.88 Å². The Morgan fingerprint density at radius 1 is 1.32 bits per heavy atom. The van der Waals surface area contributed by atoms with E-state index in [-0.39, 0.29) is 5.82 Å². The topological polar surface area (TPSA) is 40.5 Å². The van der Waals surface area contributed by atoms with Crippen molar-refractivity contribution in [3.63, 3.8) is 0 Å². The number of nitrogens with zero attached hydrogens (tertiary/aromatic N) is 1. The molecule has 1 N–H and O–H groups in total. The smallest absolute Gasteiger partial charge is 0.345 e. The Balaban J connectivity index is 2.19. The highest BCUT2D eigenvalue weighted by Crippen LogP contribution is 2.24. The summed E-state index contributed by atoms with van der Waals surface area (Å²) in [5.74, 6) is -1.19. The maximum Gasteiger partial charge on any atom is 0.345 e. The molecule has 0 fully saturated rings. The van der Waals surface area contributed by atoms with Gasteiger partial charge in [0.25, 0.3) is 0 Å². The van der Waals surface area contributed by atoms with Gasteiger partial charge in [0.2, 0.25) is 0 Å². The fourth-order valence-corrected chi connectivity index (χ4v) is 2.70. The average Bonchev–Trinajstić information content (AvgIpc) is 2.86. The van der Waals surface area contributed by atoms with Gasteiger partial charge in [-0.2, -0.15) is 0 Å². The van der Waals surface area contributed by atoms with Crippen LogP contribution in [0.3, 0.4) is 0 Å². The number of anilines is 1. The largest absolute Gasteiger partial charge is 0.477 e. The van der Waals surface area contributed by atoms with Gasteiger partial charge in [0, 0.05) is 11.4 Å². The molecule has 0 spiro atoms. The summed E-state index contributed by atoms with van der Waals surface area (Å²) in [6.45, 7) is 3.11. The van der Waals surface area contributed by atoms with Crippen LogP contribution in [-0.2, 0) is 6.54 Å². The number of thiophene rings is 1. The first-order chi connectivity index (χ1) is 9.11. The second-order valence-electron chi connectivity index (χ2n) is 4.04. The fourth-order valence-electron chi connectivity index (χ4n) is 1.84. The summed E-state index contributed by atoms with van der Waals surface area (Å²) < 4.78 is 13.7. The Hall–Kier alpha value is -1.88. The summed E-state index contributed by atoms with van der Waals surface area (Å²) in [5, 5.41) is 8.89. The minimum Gasteiger partial charge on any atom is -0.477 e. The SMILES string of the molecule is CCN(Cc1ccc(C(=O)O)s1)c1ccccc1F. The standard InChI is InChI=1S/C14H14FNO2S/c1-2-16(12-6-4-3-5-11(12)15)9-10-7-8-13(19-10)14(17)18/h3-8H,2,9H2,1H3,(H,17,18). The Kier molecular flexibility index (Phi) is 4.16. The van der Waals surface area contributed by atoms with Crippen molar-refractivity contribution in [2.24, 2.45) is 0 Å². The van der Waals surface area contributed by atoms with Crippen molar-refractivity contribution in [3.8, 4) is 0 Å². The molecule has 0 atom stereocenters.